The van der Waals surface area contributed by atoms with Crippen LogP contribution in [0.4, 0.5) is 72.6 Å². The first-order valence-electron chi connectivity index (χ1n) is 41.3. The number of nitro groups is 1. The lowest BCUT2D eigenvalue weighted by atomic mass is 9.91. The molecule has 1 unspecified atom stereocenters. The highest BCUT2D eigenvalue weighted by atomic mass is 19.1. The smallest absolute Gasteiger partial charge is 0.316 e. The molecule has 0 spiro atoms. The first-order valence-corrected chi connectivity index (χ1v) is 41.3. The van der Waals surface area contributed by atoms with Gasteiger partial charge in [-0.1, -0.05) is 59.7 Å². The van der Waals surface area contributed by atoms with Gasteiger partial charge < -0.3 is 38.1 Å². The van der Waals surface area contributed by atoms with E-state index in [1.54, 1.807) is 170 Å². The van der Waals surface area contributed by atoms with Crippen molar-refractivity contribution in [3.05, 3.63) is 276 Å². The summed E-state index contributed by atoms with van der Waals surface area (Å²) >= 11 is 0. The molecule has 0 radical (unpaired) electrons. The number of halogens is 1. The van der Waals surface area contributed by atoms with Crippen LogP contribution >= 0.6 is 0 Å². The molecule has 0 aliphatic heterocycles. The molecule has 0 aliphatic carbocycles. The van der Waals surface area contributed by atoms with Gasteiger partial charge >= 0.3 is 29.8 Å². The molecule has 0 heterocycles. The van der Waals surface area contributed by atoms with Crippen LogP contribution in [0.3, 0.4) is 0 Å². The van der Waals surface area contributed by atoms with Gasteiger partial charge in [-0.15, -0.1) is 0 Å². The molecule has 28 nitrogen and oxygen atoms in total. The molecule has 10 aromatic carbocycles. The summed E-state index contributed by atoms with van der Waals surface area (Å²) in [5.74, 6) is 0.809. The highest BCUT2D eigenvalue weighted by molar-refractivity contribution is 5.79. The Hall–Kier alpha value is -14.7. The van der Waals surface area contributed by atoms with E-state index in [2.05, 4.69) is 57.2 Å². The number of esters is 5. The van der Waals surface area contributed by atoms with Crippen LogP contribution in [-0.4, -0.2) is 81.4 Å². The van der Waals surface area contributed by atoms with Crippen LogP contribution in [0.5, 0.6) is 23.0 Å². The van der Waals surface area contributed by atoms with Gasteiger partial charge in [-0.25, -0.2) is 4.39 Å². The quantitative estimate of drug-likeness (QED) is 0.00677. The summed E-state index contributed by atoms with van der Waals surface area (Å²) in [6.45, 7) is 28.4. The van der Waals surface area contributed by atoms with Crippen molar-refractivity contribution in [1.29, 1.82) is 10.5 Å². The molecular formula is C98H109FN14O14. The number of carbonyl (C=O) groups is 5. The number of nitriles is 2. The zero-order chi connectivity index (χ0) is 92.8. The molecule has 0 saturated carbocycles. The van der Waals surface area contributed by atoms with Gasteiger partial charge in [0.2, 0.25) is 0 Å². The average molecular weight is 1730 g/mol. The second-order valence-corrected chi connectivity index (χ2v) is 31.0. The number of nitrogens with zero attached hydrogens (tertiary/aromatic N) is 14. The molecule has 662 valence electrons. The summed E-state index contributed by atoms with van der Waals surface area (Å²) < 4.78 is 50.4. The van der Waals surface area contributed by atoms with E-state index < -0.39 is 26.6 Å². The summed E-state index contributed by atoms with van der Waals surface area (Å²) in [6, 6.07) is 74.4. The Labute approximate surface area is 741 Å². The number of likely N-dealkylation sites (N-methyl/N-ethyl adjacent to an activating group) is 1. The van der Waals surface area contributed by atoms with Crippen LogP contribution in [0.15, 0.2) is 300 Å². The highest BCUT2D eigenvalue weighted by Gasteiger charge is 2.30. The summed E-state index contributed by atoms with van der Waals surface area (Å²) in [7, 11) is 1.92. The Bertz CT molecular complexity index is 5350. The summed E-state index contributed by atoms with van der Waals surface area (Å²) in [6.07, 6.45) is 3.66. The monoisotopic (exact) mass is 1720 g/mol. The van der Waals surface area contributed by atoms with Gasteiger partial charge in [-0.3, -0.25) is 34.1 Å². The number of nitro benzene ring substituents is 1. The number of azo groups is 5. The number of non-ortho nitro benzene ring substituents is 1. The molecule has 10 rings (SSSR count). The van der Waals surface area contributed by atoms with Crippen molar-refractivity contribution in [3.8, 4) is 35.1 Å². The molecule has 127 heavy (non-hydrogen) atoms. The number of hydrogen-bond acceptors (Lipinski definition) is 27. The van der Waals surface area contributed by atoms with Crippen LogP contribution in [0.25, 0.3) is 0 Å². The minimum absolute atomic E-state index is 0.0141. The lowest BCUT2D eigenvalue weighted by Gasteiger charge is -2.23. The van der Waals surface area contributed by atoms with Crippen molar-refractivity contribution in [1.82, 2.24) is 0 Å². The predicted molar refractivity (Wildman–Crippen MR) is 485 cm³/mol. The van der Waals surface area contributed by atoms with Crippen LogP contribution in [0.1, 0.15) is 140 Å². The van der Waals surface area contributed by atoms with Gasteiger partial charge in [-0.05, 0) is 306 Å². The Morgan fingerprint density at radius 2 is 0.654 bits per heavy atom. The first kappa shape index (κ1) is 101. The Morgan fingerprint density at radius 3 is 0.969 bits per heavy atom. The number of rotatable bonds is 35. The Morgan fingerprint density at radius 1 is 0.378 bits per heavy atom. The maximum Gasteiger partial charge on any atom is 0.316 e. The van der Waals surface area contributed by atoms with Gasteiger partial charge in [0, 0.05) is 24.9 Å². The molecular weight excluding hydrogens is 1620 g/mol. The Kier molecular flexibility index (Phi) is 41.4. The normalized spacial score (nSPS) is 11.5. The van der Waals surface area contributed by atoms with Gasteiger partial charge in [0.1, 0.15) is 61.8 Å². The van der Waals surface area contributed by atoms with E-state index in [0.29, 0.717) is 98.5 Å². The molecule has 0 fully saturated rings. The number of hydrogen-bond donors (Lipinski definition) is 0. The summed E-state index contributed by atoms with van der Waals surface area (Å²) in [4.78, 5) is 71.6. The van der Waals surface area contributed by atoms with E-state index in [4.69, 9.17) is 43.7 Å². The fraction of sp³-hybridized carbons (Fsp3) is 0.316. The topological polar surface area (TPSA) is 368 Å². The van der Waals surface area contributed by atoms with E-state index in [0.717, 1.165) is 43.5 Å². The molecule has 10 aromatic rings. The van der Waals surface area contributed by atoms with Crippen molar-refractivity contribution < 1.29 is 66.4 Å². The number of ether oxygens (including phenoxy) is 7. The third kappa shape index (κ3) is 36.7. The molecule has 0 saturated heterocycles. The highest BCUT2D eigenvalue weighted by Crippen LogP contribution is 2.32. The number of benzene rings is 10. The minimum Gasteiger partial charge on any atom is -0.490 e. The molecule has 0 aliphatic rings. The van der Waals surface area contributed by atoms with E-state index in [9.17, 15) is 38.5 Å². The van der Waals surface area contributed by atoms with Gasteiger partial charge in [0.15, 0.2) is 0 Å². The molecule has 0 bridgehead atoms. The van der Waals surface area contributed by atoms with Gasteiger partial charge in [-0.2, -0.15) is 61.7 Å². The van der Waals surface area contributed by atoms with Crippen molar-refractivity contribution in [3.63, 3.8) is 0 Å². The van der Waals surface area contributed by atoms with Crippen LogP contribution < -0.4 is 23.8 Å². The molecule has 0 N–H and O–H groups in total. The van der Waals surface area contributed by atoms with E-state index >= 15 is 0 Å². The van der Waals surface area contributed by atoms with Crippen molar-refractivity contribution >= 4 is 98.1 Å². The maximum atomic E-state index is 12.8. The molecule has 0 amide bonds. The first-order chi connectivity index (χ1) is 60.7. The standard InChI is InChI=1S/C21H26N4O4.C21H23N3O3.C20H23FN2O3.C18H17N3O2.C18H20N2O2/c1-5-21(2,3)20(26)29-15-14-24(4)18-10-6-16(7-11-18)22-23-17-8-12-19(13-9-17)25(27)28;1-4-21(2,3)20(25)27-14-13-26-19-11-9-18(10-12-19)24-23-17-7-5-16(15-22)6-8-17;1-4-20(2,3)19(24)26-14-13-25-18-11-9-17(10-12-18)23-22-16-7-5-15(21)6-8-16;1-3-13(2)18(22)23-17-10-8-16(9-11-17)21-20-15-6-4-14(12-19)5-7-15;1-4-18(2,3)17(21)22-16-12-10-15(11-13-16)20-19-14-8-6-5-7-9-14/h6-13H,5,14-15H2,1-4H3;5-12H,4,13-14H2,1-3H3;5-12H,4,13-14H2,1-3H3;4-11,13H,3H2,1-2H3;5-13H,4H2,1-3H3. The van der Waals surface area contributed by atoms with E-state index in [-0.39, 0.29) is 73.7 Å². The fourth-order valence-corrected chi connectivity index (χ4v) is 9.36. The summed E-state index contributed by atoms with van der Waals surface area (Å²) in [5, 5.41) is 69.3. The van der Waals surface area contributed by atoms with E-state index in [1.807, 2.05) is 170 Å². The molecule has 0 aromatic heterocycles. The fourth-order valence-electron chi connectivity index (χ4n) is 9.36. The Balaban J connectivity index is 0.000000246. The number of carbonyl (C=O) groups excluding carboxylic acids is 5. The van der Waals surface area contributed by atoms with Crippen LogP contribution in [0, 0.1) is 66.2 Å². The second kappa shape index (κ2) is 52.0. The maximum absolute atomic E-state index is 12.8. The van der Waals surface area contributed by atoms with Crippen LogP contribution in [0.2, 0.25) is 0 Å². The predicted octanol–water partition coefficient (Wildman–Crippen LogP) is 26.7. The lowest BCUT2D eigenvalue weighted by molar-refractivity contribution is -0.384. The van der Waals surface area contributed by atoms with Crippen molar-refractivity contribution in [2.24, 2.45) is 78.7 Å². The van der Waals surface area contributed by atoms with Crippen LogP contribution in [-0.2, 0) is 38.2 Å². The third-order valence-electron chi connectivity index (χ3n) is 19.7. The van der Waals surface area contributed by atoms with Crippen molar-refractivity contribution in [2.45, 2.75) is 129 Å². The largest absolute Gasteiger partial charge is 0.490 e. The zero-order valence-electron chi connectivity index (χ0n) is 74.4. The molecule has 29 heteroatoms. The average Bonchev–Trinajstić information content (AvgIpc) is 0.874. The third-order valence-corrected chi connectivity index (χ3v) is 19.7. The van der Waals surface area contributed by atoms with E-state index in [1.165, 1.54) is 24.3 Å². The van der Waals surface area contributed by atoms with Gasteiger partial charge in [0.25, 0.3) is 5.69 Å². The SMILES string of the molecule is CCC(C)(C)C(=O)OCCN(C)c1ccc(N=Nc2ccc([N+](=O)[O-])cc2)cc1.CCC(C)(C)C(=O)OCCOc1ccc(N=Nc2ccc(C#N)cc2)cc1.CCC(C)(C)C(=O)OCCOc1ccc(N=Nc2ccc(F)cc2)cc1.CCC(C)(C)C(=O)Oc1ccc(N=Nc2ccccc2)cc1.CCC(C)C(=O)Oc1ccc(N=Nc2ccc(C#N)cc2)cc1. The molecule has 1 atom stereocenters. The lowest BCUT2D eigenvalue weighted by Crippen LogP contribution is -2.30. The minimum atomic E-state index is -0.480. The second-order valence-electron chi connectivity index (χ2n) is 31.0. The van der Waals surface area contributed by atoms with Gasteiger partial charge in [0.05, 0.1) is 119 Å². The van der Waals surface area contributed by atoms with Crippen molar-refractivity contribution in [2.75, 3.05) is 51.5 Å². The zero-order valence-corrected chi connectivity index (χ0v) is 74.4. The summed E-state index contributed by atoms with van der Waals surface area (Å²) in [5.41, 5.74) is 6.84. The number of anilines is 1.